The zero-order chi connectivity index (χ0) is 34.4. The van der Waals surface area contributed by atoms with Crippen LogP contribution in [0.1, 0.15) is 57.3 Å². The first-order chi connectivity index (χ1) is 24.3. The number of piperazine rings is 1. The van der Waals surface area contributed by atoms with E-state index in [0.717, 1.165) is 67.8 Å². The maximum absolute atomic E-state index is 16.1. The topological polar surface area (TPSA) is 77.5 Å². The molecule has 2 saturated heterocycles. The van der Waals surface area contributed by atoms with Gasteiger partial charge in [0.2, 0.25) is 0 Å². The number of rotatable bonds is 7. The zero-order valence-electron chi connectivity index (χ0n) is 28.2. The highest BCUT2D eigenvalue weighted by Gasteiger charge is 2.36. The van der Waals surface area contributed by atoms with Crippen molar-refractivity contribution in [3.8, 4) is 17.2 Å². The minimum atomic E-state index is -0.558. The molecule has 0 saturated carbocycles. The average Bonchev–Trinajstić information content (AvgIpc) is 3.51. The summed E-state index contributed by atoms with van der Waals surface area (Å²) in [6, 6.07) is 21.7. The van der Waals surface area contributed by atoms with E-state index < -0.39 is 11.6 Å². The second kappa shape index (κ2) is 13.5. The van der Waals surface area contributed by atoms with Gasteiger partial charge < -0.3 is 29.7 Å². The van der Waals surface area contributed by atoms with Gasteiger partial charge in [0.1, 0.15) is 34.6 Å². The lowest BCUT2D eigenvalue weighted by molar-refractivity contribution is 0.0965. The second-order valence-electron chi connectivity index (χ2n) is 14.0. The number of ether oxygens (including phenoxy) is 2. The molecule has 10 heteroatoms. The molecule has 4 heterocycles. The number of nitrogens with zero attached hydrogens (tertiary/aromatic N) is 3. The van der Waals surface area contributed by atoms with Gasteiger partial charge in [-0.3, -0.25) is 9.69 Å². The van der Waals surface area contributed by atoms with E-state index in [-0.39, 0.29) is 35.8 Å². The lowest BCUT2D eigenvalue weighted by Crippen LogP contribution is -2.49. The molecule has 0 aromatic heterocycles. The summed E-state index contributed by atoms with van der Waals surface area (Å²) < 4.78 is 43.7. The Labute approximate surface area is 291 Å². The van der Waals surface area contributed by atoms with E-state index in [0.29, 0.717) is 42.6 Å². The van der Waals surface area contributed by atoms with E-state index >= 15 is 8.78 Å². The van der Waals surface area contributed by atoms with Crippen molar-refractivity contribution in [2.75, 3.05) is 69.3 Å². The first kappa shape index (κ1) is 32.4. The normalized spacial score (nSPS) is 21.0. The van der Waals surface area contributed by atoms with Gasteiger partial charge in [-0.15, -0.1) is 0 Å². The molecule has 8 rings (SSSR count). The quantitative estimate of drug-likeness (QED) is 0.239. The summed E-state index contributed by atoms with van der Waals surface area (Å²) in [4.78, 5) is 18.7. The number of methoxy groups -OCH3 is 1. The van der Waals surface area contributed by atoms with Gasteiger partial charge in [0.05, 0.1) is 13.7 Å². The van der Waals surface area contributed by atoms with Gasteiger partial charge >= 0.3 is 0 Å². The summed E-state index contributed by atoms with van der Waals surface area (Å²) in [5.41, 5.74) is 5.31. The maximum atomic E-state index is 16.1. The fourth-order valence-electron chi connectivity index (χ4n) is 8.35. The summed E-state index contributed by atoms with van der Waals surface area (Å²) >= 11 is 0. The van der Waals surface area contributed by atoms with Crippen molar-refractivity contribution in [2.24, 2.45) is 5.92 Å². The van der Waals surface area contributed by atoms with Gasteiger partial charge in [-0.25, -0.2) is 8.78 Å². The molecule has 4 aromatic carbocycles. The summed E-state index contributed by atoms with van der Waals surface area (Å²) in [5, 5.41) is 13.0. The third-order valence-corrected chi connectivity index (χ3v) is 11.0. The van der Waals surface area contributed by atoms with Crippen molar-refractivity contribution in [1.82, 2.24) is 10.2 Å². The second-order valence-corrected chi connectivity index (χ2v) is 14.0. The summed E-state index contributed by atoms with van der Waals surface area (Å²) in [6.07, 6.45) is 1.75. The van der Waals surface area contributed by atoms with Crippen molar-refractivity contribution in [3.63, 3.8) is 0 Å². The van der Waals surface area contributed by atoms with Crippen molar-refractivity contribution >= 4 is 17.3 Å². The largest absolute Gasteiger partial charge is 0.508 e. The Bertz CT molecular complexity index is 1880. The number of hydrogen-bond donors (Lipinski definition) is 2. The van der Waals surface area contributed by atoms with Crippen LogP contribution in [0.25, 0.3) is 0 Å². The predicted octanol–water partition coefficient (Wildman–Crippen LogP) is 6.27. The Kier molecular flexibility index (Phi) is 8.72. The van der Waals surface area contributed by atoms with E-state index in [4.69, 9.17) is 9.47 Å². The standard InChI is InChI=1S/C40H42F2N4O4/c1-49-31-4-2-3-26(18-31)34-24-50-37-21-30(47)6-8-33(37)38(34)27-19-35(41)39(36(42)20-27)46-11-9-25(10-12-46)23-44-13-15-45(16-14-44)29-5-7-32-28(17-29)22-43-40(32)48/h2-8,17-21,25,34,38,47H,9-16,22-24H2,1H3,(H,43,48)/t34-,38-/m1/s1. The highest BCUT2D eigenvalue weighted by molar-refractivity contribution is 5.98. The summed E-state index contributed by atoms with van der Waals surface area (Å²) in [5.74, 6) is 0.0410. The van der Waals surface area contributed by atoms with E-state index in [1.165, 1.54) is 17.8 Å². The number of nitrogens with one attached hydrogen (secondary N) is 1. The number of benzene rings is 4. The van der Waals surface area contributed by atoms with Crippen LogP contribution < -0.4 is 24.6 Å². The lowest BCUT2D eigenvalue weighted by atomic mass is 9.75. The van der Waals surface area contributed by atoms with Crippen LogP contribution in [-0.2, 0) is 6.54 Å². The minimum absolute atomic E-state index is 0.00671. The van der Waals surface area contributed by atoms with E-state index in [9.17, 15) is 9.90 Å². The van der Waals surface area contributed by atoms with Crippen LogP contribution in [0.15, 0.2) is 72.8 Å². The van der Waals surface area contributed by atoms with Gasteiger partial charge in [-0.1, -0.05) is 18.2 Å². The van der Waals surface area contributed by atoms with Crippen molar-refractivity contribution in [1.29, 1.82) is 0 Å². The fraction of sp³-hybridized carbons (Fsp3) is 0.375. The Morgan fingerprint density at radius 1 is 0.880 bits per heavy atom. The SMILES string of the molecule is COc1cccc([C@H]2COc3cc(O)ccc3[C@H]2c2cc(F)c(N3CCC(CN4CCN(c5ccc6c(c5)CNC6=O)CC4)CC3)c(F)c2)c1. The summed E-state index contributed by atoms with van der Waals surface area (Å²) in [6.45, 7) is 6.86. The number of piperidine rings is 1. The molecule has 4 aromatic rings. The number of amides is 1. The molecule has 2 atom stereocenters. The number of halogens is 2. The number of aromatic hydroxyl groups is 1. The number of hydrogen-bond acceptors (Lipinski definition) is 7. The van der Waals surface area contributed by atoms with Crippen LogP contribution in [0.2, 0.25) is 0 Å². The van der Waals surface area contributed by atoms with Crippen LogP contribution in [0.4, 0.5) is 20.2 Å². The molecular weight excluding hydrogens is 638 g/mol. The van der Waals surface area contributed by atoms with Gasteiger partial charge in [0.25, 0.3) is 5.91 Å². The van der Waals surface area contributed by atoms with Crippen molar-refractivity contribution in [3.05, 3.63) is 112 Å². The van der Waals surface area contributed by atoms with Crippen LogP contribution in [0.3, 0.4) is 0 Å². The smallest absolute Gasteiger partial charge is 0.251 e. The molecule has 2 fully saturated rings. The molecule has 0 aliphatic carbocycles. The molecule has 1 amide bonds. The van der Waals surface area contributed by atoms with Gasteiger partial charge in [-0.2, -0.15) is 0 Å². The Balaban J connectivity index is 0.931. The highest BCUT2D eigenvalue weighted by Crippen LogP contribution is 2.48. The van der Waals surface area contributed by atoms with Crippen molar-refractivity contribution in [2.45, 2.75) is 31.2 Å². The minimum Gasteiger partial charge on any atom is -0.508 e. The zero-order valence-corrected chi connectivity index (χ0v) is 28.2. The van der Waals surface area contributed by atoms with Crippen LogP contribution >= 0.6 is 0 Å². The summed E-state index contributed by atoms with van der Waals surface area (Å²) in [7, 11) is 1.61. The number of fused-ring (bicyclic) bond motifs is 2. The van der Waals surface area contributed by atoms with Crippen LogP contribution in [0, 0.1) is 17.6 Å². The molecular formula is C40H42F2N4O4. The van der Waals surface area contributed by atoms with E-state index in [1.54, 1.807) is 25.3 Å². The molecule has 0 radical (unpaired) electrons. The number of anilines is 2. The average molecular weight is 681 g/mol. The van der Waals surface area contributed by atoms with Crippen molar-refractivity contribution < 1.29 is 28.2 Å². The number of carbonyl (C=O) groups excluding carboxylic acids is 1. The molecule has 4 aliphatic heterocycles. The molecule has 0 bridgehead atoms. The third-order valence-electron chi connectivity index (χ3n) is 11.0. The van der Waals surface area contributed by atoms with E-state index in [1.807, 2.05) is 41.3 Å². The molecule has 260 valence electrons. The molecule has 50 heavy (non-hydrogen) atoms. The Hall–Kier alpha value is -4.83. The van der Waals surface area contributed by atoms with Gasteiger partial charge in [0.15, 0.2) is 0 Å². The van der Waals surface area contributed by atoms with Gasteiger partial charge in [-0.05, 0) is 84.0 Å². The van der Waals surface area contributed by atoms with Crippen LogP contribution in [0.5, 0.6) is 17.2 Å². The number of carbonyl (C=O) groups is 1. The molecule has 2 N–H and O–H groups in total. The third kappa shape index (κ3) is 6.21. The molecule has 4 aliphatic rings. The first-order valence-electron chi connectivity index (χ1n) is 17.6. The Morgan fingerprint density at radius 2 is 1.66 bits per heavy atom. The highest BCUT2D eigenvalue weighted by atomic mass is 19.1. The fourth-order valence-corrected chi connectivity index (χ4v) is 8.35. The first-order valence-corrected chi connectivity index (χ1v) is 17.6. The van der Waals surface area contributed by atoms with Gasteiger partial charge in [0, 0.05) is 87.1 Å². The monoisotopic (exact) mass is 680 g/mol. The maximum Gasteiger partial charge on any atom is 0.251 e. The number of phenolic OH excluding ortho intramolecular Hbond substituents is 1. The predicted molar refractivity (Wildman–Crippen MR) is 189 cm³/mol. The number of phenols is 1. The Morgan fingerprint density at radius 3 is 2.42 bits per heavy atom. The molecule has 8 nitrogen and oxygen atoms in total. The lowest BCUT2D eigenvalue weighted by Gasteiger charge is -2.40. The molecule has 0 unspecified atom stereocenters. The van der Waals surface area contributed by atoms with Crippen LogP contribution in [-0.4, -0.2) is 75.4 Å². The van der Waals surface area contributed by atoms with E-state index in [2.05, 4.69) is 21.2 Å². The molecule has 0 spiro atoms.